The Hall–Kier alpha value is -2.96. The minimum absolute atomic E-state index is 0.0153. The number of β-lactam (4-membered cyclic amide) rings is 1. The molecule has 0 bridgehead atoms. The average Bonchev–Trinajstić information content (AvgIpc) is 3.80. The zero-order valence-corrected chi connectivity index (χ0v) is 29.3. The molecular formula is C26H36N8O15S3. The SMILES string of the molecule is Cc1nnc(SCC2=C(C(=O)O)N3C(=O)[C@@H](NC(=O)Cn4cnnn4)[C@H]3SC2)s1.OC[C@H]1O[C@H](O[C@H]2[C@H](O)[C@@H](O)[C@H](O)O[C@@H]2CO)[C@H](O)[C@@H](O)[C@@H]1O. The quantitative estimate of drug-likeness (QED) is 0.0747. The Bertz CT molecular complexity index is 1590. The predicted octanol–water partition coefficient (Wildman–Crippen LogP) is -6.03. The number of carbonyl (C=O) groups is 3. The van der Waals surface area contributed by atoms with Crippen LogP contribution in [-0.4, -0.2) is 197 Å². The molecule has 0 radical (unpaired) electrons. The summed E-state index contributed by atoms with van der Waals surface area (Å²) in [4.78, 5) is 37.8. The van der Waals surface area contributed by atoms with Crippen LogP contribution < -0.4 is 5.32 Å². The molecule has 26 heteroatoms. The van der Waals surface area contributed by atoms with Crippen molar-refractivity contribution in [3.8, 4) is 0 Å². The van der Waals surface area contributed by atoms with E-state index in [1.807, 2.05) is 6.92 Å². The number of ether oxygens (including phenoxy) is 3. The van der Waals surface area contributed by atoms with E-state index in [2.05, 4.69) is 31.0 Å². The van der Waals surface area contributed by atoms with Gasteiger partial charge in [0.2, 0.25) is 5.91 Å². The predicted molar refractivity (Wildman–Crippen MR) is 171 cm³/mol. The van der Waals surface area contributed by atoms with Crippen LogP contribution in [0.25, 0.3) is 0 Å². The third kappa shape index (κ3) is 8.70. The van der Waals surface area contributed by atoms with Gasteiger partial charge in [-0.2, -0.15) is 0 Å². The van der Waals surface area contributed by atoms with E-state index in [1.54, 1.807) is 0 Å². The van der Waals surface area contributed by atoms with Crippen molar-refractivity contribution < 1.29 is 74.6 Å². The van der Waals surface area contributed by atoms with Gasteiger partial charge in [0.25, 0.3) is 5.91 Å². The van der Waals surface area contributed by atoms with Crippen LogP contribution >= 0.6 is 34.9 Å². The maximum absolute atomic E-state index is 12.6. The third-order valence-electron chi connectivity index (χ3n) is 8.12. The maximum Gasteiger partial charge on any atom is 0.352 e. The number of hydrogen-bond acceptors (Lipinski definition) is 22. The molecule has 3 saturated heterocycles. The fraction of sp³-hybridized carbons (Fsp3) is 0.692. The molecule has 0 saturated carbocycles. The van der Waals surface area contributed by atoms with Crippen LogP contribution in [0.4, 0.5) is 0 Å². The van der Waals surface area contributed by atoms with Gasteiger partial charge in [0.15, 0.2) is 16.9 Å². The lowest BCUT2D eigenvalue weighted by atomic mass is 9.97. The van der Waals surface area contributed by atoms with E-state index in [1.165, 1.54) is 50.8 Å². The Morgan fingerprint density at radius 2 is 1.75 bits per heavy atom. The second-order valence-corrected chi connectivity index (χ2v) is 15.1. The van der Waals surface area contributed by atoms with Gasteiger partial charge in [-0.1, -0.05) is 23.1 Å². The van der Waals surface area contributed by atoms with E-state index in [-0.39, 0.29) is 12.2 Å². The molecule has 52 heavy (non-hydrogen) atoms. The van der Waals surface area contributed by atoms with E-state index >= 15 is 0 Å². The molecule has 6 rings (SSSR count). The number of aliphatic hydroxyl groups excluding tert-OH is 8. The lowest BCUT2D eigenvalue weighted by molar-refractivity contribution is -0.355. The number of carboxylic acid groups (broad SMARTS) is 1. The highest BCUT2D eigenvalue weighted by atomic mass is 32.2. The second-order valence-electron chi connectivity index (χ2n) is 11.6. The summed E-state index contributed by atoms with van der Waals surface area (Å²) >= 11 is 4.24. The van der Waals surface area contributed by atoms with Crippen LogP contribution in [0.3, 0.4) is 0 Å². The van der Waals surface area contributed by atoms with Crippen molar-refractivity contribution in [2.75, 3.05) is 24.7 Å². The summed E-state index contributed by atoms with van der Waals surface area (Å²) in [7, 11) is 0. The molecule has 0 spiro atoms. The Morgan fingerprint density at radius 1 is 1.02 bits per heavy atom. The fourth-order valence-corrected chi connectivity index (χ4v) is 8.77. The van der Waals surface area contributed by atoms with Gasteiger partial charge in [-0.3, -0.25) is 14.5 Å². The molecule has 2 amide bonds. The van der Waals surface area contributed by atoms with Crippen molar-refractivity contribution in [2.45, 2.75) is 90.6 Å². The zero-order valence-electron chi connectivity index (χ0n) is 26.9. The maximum atomic E-state index is 12.6. The number of amides is 2. The minimum atomic E-state index is -1.74. The molecule has 23 nitrogen and oxygen atoms in total. The van der Waals surface area contributed by atoms with Crippen LogP contribution in [0.5, 0.6) is 0 Å². The van der Waals surface area contributed by atoms with Crippen molar-refractivity contribution in [3.63, 3.8) is 0 Å². The first-order valence-corrected chi connectivity index (χ1v) is 18.2. The number of aromatic nitrogens is 6. The summed E-state index contributed by atoms with van der Waals surface area (Å²) in [6.45, 7) is 0.373. The number of rotatable bonds is 11. The van der Waals surface area contributed by atoms with Crippen LogP contribution in [0.15, 0.2) is 21.9 Å². The summed E-state index contributed by atoms with van der Waals surface area (Å²) in [6.07, 6.45) is -14.3. The molecule has 0 aliphatic carbocycles. The number of tetrazole rings is 1. The topological polar surface area (TPSA) is 346 Å². The van der Waals surface area contributed by atoms with Crippen molar-refractivity contribution >= 4 is 52.6 Å². The number of hydrogen-bond donors (Lipinski definition) is 10. The van der Waals surface area contributed by atoms with E-state index in [0.717, 1.165) is 9.35 Å². The Labute approximate surface area is 305 Å². The fourth-order valence-electron chi connectivity index (χ4n) is 5.47. The van der Waals surface area contributed by atoms with Gasteiger partial charge < -0.3 is 65.5 Å². The number of aliphatic carboxylic acids is 1. The molecule has 10 N–H and O–H groups in total. The number of nitrogens with zero attached hydrogens (tertiary/aromatic N) is 7. The van der Waals surface area contributed by atoms with Crippen LogP contribution in [0, 0.1) is 6.92 Å². The Kier molecular flexibility index (Phi) is 13.5. The van der Waals surface area contributed by atoms with Gasteiger partial charge in [0.05, 0.1) is 13.2 Å². The highest BCUT2D eigenvalue weighted by Crippen LogP contribution is 2.42. The molecule has 3 fully saturated rings. The van der Waals surface area contributed by atoms with Crippen molar-refractivity contribution in [1.82, 2.24) is 40.6 Å². The molecule has 0 aromatic carbocycles. The van der Waals surface area contributed by atoms with Gasteiger partial charge in [0, 0.05) is 11.5 Å². The normalized spacial score (nSPS) is 34.6. The molecule has 288 valence electrons. The molecule has 2 aromatic heterocycles. The van der Waals surface area contributed by atoms with Gasteiger partial charge in [-0.15, -0.1) is 27.1 Å². The number of thioether (sulfide) groups is 2. The third-order valence-corrected chi connectivity index (χ3v) is 11.5. The highest BCUT2D eigenvalue weighted by molar-refractivity contribution is 8.01. The number of carboxylic acids is 1. The summed E-state index contributed by atoms with van der Waals surface area (Å²) in [5, 5.41) is 108. The van der Waals surface area contributed by atoms with E-state index < -0.39 is 104 Å². The summed E-state index contributed by atoms with van der Waals surface area (Å²) in [6, 6.07) is -0.779. The number of fused-ring (bicyclic) bond motifs is 1. The number of carbonyl (C=O) groups excluding carboxylic acids is 2. The zero-order chi connectivity index (χ0) is 37.9. The van der Waals surface area contributed by atoms with E-state index in [9.17, 15) is 55.2 Å². The summed E-state index contributed by atoms with van der Waals surface area (Å²) < 4.78 is 17.2. The first kappa shape index (κ1) is 40.2. The van der Waals surface area contributed by atoms with Crippen molar-refractivity contribution in [2.24, 2.45) is 0 Å². The minimum Gasteiger partial charge on any atom is -0.477 e. The monoisotopic (exact) mass is 796 g/mol. The molecule has 6 heterocycles. The smallest absolute Gasteiger partial charge is 0.352 e. The van der Waals surface area contributed by atoms with Crippen LogP contribution in [0.1, 0.15) is 5.01 Å². The van der Waals surface area contributed by atoms with Gasteiger partial charge in [-0.25, -0.2) is 9.48 Å². The average molecular weight is 797 g/mol. The molecule has 12 atom stereocenters. The molecule has 0 unspecified atom stereocenters. The van der Waals surface area contributed by atoms with Crippen molar-refractivity contribution in [3.05, 3.63) is 22.6 Å². The largest absolute Gasteiger partial charge is 0.477 e. The Morgan fingerprint density at radius 3 is 2.37 bits per heavy atom. The van der Waals surface area contributed by atoms with E-state index in [0.29, 0.717) is 17.1 Å². The summed E-state index contributed by atoms with van der Waals surface area (Å²) in [5.74, 6) is -1.19. The summed E-state index contributed by atoms with van der Waals surface area (Å²) in [5.41, 5.74) is 0.627. The van der Waals surface area contributed by atoms with Crippen LogP contribution in [-0.2, 0) is 35.1 Å². The highest BCUT2D eigenvalue weighted by Gasteiger charge is 2.54. The second kappa shape index (κ2) is 17.5. The molecule has 2 aromatic rings. The molecular weight excluding hydrogens is 761 g/mol. The van der Waals surface area contributed by atoms with Crippen LogP contribution in [0.2, 0.25) is 0 Å². The van der Waals surface area contributed by atoms with Crippen molar-refractivity contribution in [1.29, 1.82) is 0 Å². The number of aliphatic hydroxyl groups is 8. The first-order valence-electron chi connectivity index (χ1n) is 15.3. The van der Waals surface area contributed by atoms with Gasteiger partial charge in [-0.05, 0) is 22.9 Å². The first-order chi connectivity index (χ1) is 24.7. The van der Waals surface area contributed by atoms with E-state index in [4.69, 9.17) is 19.3 Å². The van der Waals surface area contributed by atoms with Gasteiger partial charge in [0.1, 0.15) is 83.8 Å². The molecule has 4 aliphatic rings. The molecule has 4 aliphatic heterocycles. The Balaban J connectivity index is 0.000000207. The van der Waals surface area contributed by atoms with Gasteiger partial charge >= 0.3 is 5.97 Å². The number of nitrogens with one attached hydrogen (secondary N) is 1. The number of aryl methyl sites for hydroxylation is 1. The lowest BCUT2D eigenvalue weighted by Crippen LogP contribution is -2.70. The lowest BCUT2D eigenvalue weighted by Gasteiger charge is -2.49. The standard InChI is InChI=1S/C14H14N8O4S3.C12H22O11/c1-6-17-18-14(29-6)28-4-7-3-27-12-9(11(24)22(12)10(7)13(25)26)16-8(23)2-21-5-15-19-20-21;13-1-3-5(15)6(16)9(19)12(22-3)23-10-4(2-14)21-11(20)8(18)7(10)17/h5,9,12H,2-4H2,1H3,(H,16,23)(H,25,26);3-20H,1-2H2/t9-,12-;3-,4-,5-,6+,7-,8-,9-,10-,11-,12-/m11/s1.